The minimum atomic E-state index is -1.24. The Labute approximate surface area is 263 Å². The maximum atomic E-state index is 13.8. The number of nitrogens with one attached hydrogen (secondary N) is 3. The summed E-state index contributed by atoms with van der Waals surface area (Å²) in [6.07, 6.45) is 3.55. The zero-order valence-corrected chi connectivity index (χ0v) is 27.0. The number of hydrogen-bond acceptors (Lipinski definition) is 8. The maximum Gasteiger partial charge on any atom is 0.325 e. The smallest absolute Gasteiger partial charge is 0.325 e. The molecule has 0 spiro atoms. The topological polar surface area (TPSA) is 150 Å². The Morgan fingerprint density at radius 1 is 1.11 bits per heavy atom. The number of aromatic nitrogens is 1. The summed E-state index contributed by atoms with van der Waals surface area (Å²) in [5.41, 5.74) is 4.04. The molecular formula is C33H44N6O6. The van der Waals surface area contributed by atoms with Crippen molar-refractivity contribution >= 4 is 46.6 Å². The van der Waals surface area contributed by atoms with E-state index in [1.807, 2.05) is 36.4 Å². The van der Waals surface area contributed by atoms with Gasteiger partial charge in [0.1, 0.15) is 24.2 Å². The highest BCUT2D eigenvalue weighted by Crippen LogP contribution is 2.25. The Kier molecular flexibility index (Phi) is 10.3. The maximum absolute atomic E-state index is 13.8. The molecule has 1 aromatic heterocycles. The molecule has 12 nitrogen and oxygen atoms in total. The van der Waals surface area contributed by atoms with E-state index < -0.39 is 47.4 Å². The zero-order chi connectivity index (χ0) is 33.1. The standard InChI is InChI=1S/C33H44N6O6/c1-19(2)28-29(41)35-26(18-27(40)38(6)7)30(42)39-16-8-9-24(37-39)31(43)45-20(3)23-13-12-22-11-10-21(17-25(22)34-23)14-15-33(4,5)32(44)36-28/h10-15,17,19-20,24,26,28,37H,8-9,16,18H2,1-7H3,(H,35,41)(H,36,44)/b15-14+/t20-,24?,26?,28?/m1/s1. The highest BCUT2D eigenvalue weighted by atomic mass is 16.5. The SMILES string of the molecule is CC(C)C1NC(=O)C(C)(C)/C=C/c2ccc3ccc(nc3c2)[C@@H](C)OC(=O)C2CCCN(N2)C(=O)C(CC(=O)N(C)C)NC1=O. The highest BCUT2D eigenvalue weighted by molar-refractivity contribution is 5.96. The number of amides is 4. The van der Waals surface area contributed by atoms with Crippen LogP contribution < -0.4 is 16.1 Å². The first-order chi connectivity index (χ1) is 21.2. The van der Waals surface area contributed by atoms with E-state index in [1.54, 1.807) is 54.8 Å². The summed E-state index contributed by atoms with van der Waals surface area (Å²) in [4.78, 5) is 73.0. The van der Waals surface area contributed by atoms with Crippen molar-refractivity contribution in [3.8, 4) is 0 Å². The molecule has 1 saturated heterocycles. The van der Waals surface area contributed by atoms with Gasteiger partial charge in [-0.1, -0.05) is 44.2 Å². The number of hydrazine groups is 1. The Balaban J connectivity index is 1.74. The first kappa shape index (κ1) is 33.6. The lowest BCUT2D eigenvalue weighted by Crippen LogP contribution is -2.62. The number of benzene rings is 1. The van der Waals surface area contributed by atoms with Crippen molar-refractivity contribution in [2.24, 2.45) is 11.3 Å². The van der Waals surface area contributed by atoms with E-state index in [2.05, 4.69) is 16.1 Å². The van der Waals surface area contributed by atoms with Gasteiger partial charge in [-0.2, -0.15) is 0 Å². The van der Waals surface area contributed by atoms with E-state index in [9.17, 15) is 24.0 Å². The van der Waals surface area contributed by atoms with Crippen molar-refractivity contribution in [3.63, 3.8) is 0 Å². The Hall–Kier alpha value is -4.32. The summed E-state index contributed by atoms with van der Waals surface area (Å²) >= 11 is 0. The largest absolute Gasteiger partial charge is 0.455 e. The summed E-state index contributed by atoms with van der Waals surface area (Å²) in [6.45, 7) is 9.07. The molecule has 2 aromatic rings. The molecule has 1 fully saturated rings. The van der Waals surface area contributed by atoms with Crippen LogP contribution in [0.25, 0.3) is 17.0 Å². The van der Waals surface area contributed by atoms with Gasteiger partial charge in [-0.25, -0.2) is 10.4 Å². The van der Waals surface area contributed by atoms with E-state index in [0.29, 0.717) is 24.1 Å². The summed E-state index contributed by atoms with van der Waals surface area (Å²) in [5.74, 6) is -2.78. The predicted molar refractivity (Wildman–Crippen MR) is 169 cm³/mol. The van der Waals surface area contributed by atoms with Gasteiger partial charge in [0.25, 0.3) is 5.91 Å². The van der Waals surface area contributed by atoms with Crippen molar-refractivity contribution in [1.82, 2.24) is 31.0 Å². The van der Waals surface area contributed by atoms with Crippen molar-refractivity contribution in [1.29, 1.82) is 0 Å². The number of fused-ring (bicyclic) bond motifs is 4. The highest BCUT2D eigenvalue weighted by Gasteiger charge is 2.37. The van der Waals surface area contributed by atoms with E-state index in [-0.39, 0.29) is 30.7 Å². The second-order valence-corrected chi connectivity index (χ2v) is 12.9. The fourth-order valence-corrected chi connectivity index (χ4v) is 5.16. The molecule has 4 rings (SSSR count). The van der Waals surface area contributed by atoms with E-state index >= 15 is 0 Å². The molecule has 0 aliphatic carbocycles. The Morgan fingerprint density at radius 3 is 2.51 bits per heavy atom. The predicted octanol–water partition coefficient (Wildman–Crippen LogP) is 2.49. The van der Waals surface area contributed by atoms with Gasteiger partial charge in [-0.3, -0.25) is 29.0 Å². The molecule has 5 bridgehead atoms. The van der Waals surface area contributed by atoms with Crippen molar-refractivity contribution < 1.29 is 28.7 Å². The number of esters is 1. The Bertz CT molecular complexity index is 1500. The second kappa shape index (κ2) is 13.8. The lowest BCUT2D eigenvalue weighted by atomic mass is 9.89. The van der Waals surface area contributed by atoms with Crippen LogP contribution in [0.15, 0.2) is 36.4 Å². The number of rotatable bonds is 3. The molecule has 4 amide bonds. The fraction of sp³-hybridized carbons (Fsp3) is 0.515. The molecule has 2 aliphatic rings. The first-order valence-electron chi connectivity index (χ1n) is 15.4. The number of cyclic esters (lactones) is 1. The molecule has 242 valence electrons. The number of pyridine rings is 1. The number of hydrogen-bond donors (Lipinski definition) is 3. The molecule has 1 aromatic carbocycles. The van der Waals surface area contributed by atoms with Gasteiger partial charge in [0.05, 0.1) is 23.0 Å². The van der Waals surface area contributed by atoms with Crippen LogP contribution in [0.1, 0.15) is 71.2 Å². The summed E-state index contributed by atoms with van der Waals surface area (Å²) in [5, 5.41) is 7.74. The molecule has 12 heteroatoms. The minimum absolute atomic E-state index is 0.264. The molecule has 45 heavy (non-hydrogen) atoms. The molecule has 2 aliphatic heterocycles. The van der Waals surface area contributed by atoms with Gasteiger partial charge < -0.3 is 20.3 Å². The molecule has 3 heterocycles. The number of ether oxygens (including phenoxy) is 1. The third kappa shape index (κ3) is 8.05. The van der Waals surface area contributed by atoms with Crippen LogP contribution in [-0.4, -0.2) is 83.3 Å². The average Bonchev–Trinajstić information content (AvgIpc) is 3.00. The van der Waals surface area contributed by atoms with Crippen LogP contribution in [0.2, 0.25) is 0 Å². The summed E-state index contributed by atoms with van der Waals surface area (Å²) in [7, 11) is 3.12. The third-order valence-electron chi connectivity index (χ3n) is 8.19. The van der Waals surface area contributed by atoms with Crippen LogP contribution in [0.3, 0.4) is 0 Å². The van der Waals surface area contributed by atoms with Gasteiger partial charge >= 0.3 is 5.97 Å². The van der Waals surface area contributed by atoms with Crippen LogP contribution in [0, 0.1) is 11.3 Å². The molecule has 0 saturated carbocycles. The minimum Gasteiger partial charge on any atom is -0.455 e. The van der Waals surface area contributed by atoms with Crippen molar-refractivity contribution in [2.45, 2.75) is 78.1 Å². The number of nitrogens with zero attached hydrogens (tertiary/aromatic N) is 3. The second-order valence-electron chi connectivity index (χ2n) is 12.9. The van der Waals surface area contributed by atoms with E-state index in [0.717, 1.165) is 10.9 Å². The van der Waals surface area contributed by atoms with Crippen LogP contribution in [0.4, 0.5) is 0 Å². The molecule has 4 atom stereocenters. The van der Waals surface area contributed by atoms with Gasteiger partial charge in [-0.15, -0.1) is 0 Å². The van der Waals surface area contributed by atoms with Gasteiger partial charge in [0, 0.05) is 26.0 Å². The Morgan fingerprint density at radius 2 is 1.82 bits per heavy atom. The van der Waals surface area contributed by atoms with E-state index in [1.165, 1.54) is 9.91 Å². The first-order valence-corrected chi connectivity index (χ1v) is 15.4. The molecule has 3 N–H and O–H groups in total. The van der Waals surface area contributed by atoms with Crippen LogP contribution >= 0.6 is 0 Å². The normalized spacial score (nSPS) is 25.4. The molecule has 0 radical (unpaired) electrons. The quantitative estimate of drug-likeness (QED) is 0.443. The van der Waals surface area contributed by atoms with E-state index in [4.69, 9.17) is 9.72 Å². The van der Waals surface area contributed by atoms with Gasteiger partial charge in [0.15, 0.2) is 0 Å². The zero-order valence-electron chi connectivity index (χ0n) is 27.0. The fourth-order valence-electron chi connectivity index (χ4n) is 5.16. The molecular weight excluding hydrogens is 576 g/mol. The number of carbonyl (C=O) groups is 5. The molecule has 3 unspecified atom stereocenters. The van der Waals surface area contributed by atoms with Crippen LogP contribution in [0.5, 0.6) is 0 Å². The van der Waals surface area contributed by atoms with Crippen molar-refractivity contribution in [3.05, 3.63) is 47.7 Å². The van der Waals surface area contributed by atoms with Gasteiger partial charge in [-0.05, 0) is 57.2 Å². The van der Waals surface area contributed by atoms with Crippen molar-refractivity contribution in [2.75, 3.05) is 20.6 Å². The van der Waals surface area contributed by atoms with Gasteiger partial charge in [0.2, 0.25) is 17.7 Å². The lowest BCUT2D eigenvalue weighted by molar-refractivity contribution is -0.157. The summed E-state index contributed by atoms with van der Waals surface area (Å²) in [6, 6.07) is 6.43. The monoisotopic (exact) mass is 620 g/mol. The summed E-state index contributed by atoms with van der Waals surface area (Å²) < 4.78 is 5.78. The third-order valence-corrected chi connectivity index (χ3v) is 8.19. The van der Waals surface area contributed by atoms with Crippen LogP contribution in [-0.2, 0) is 28.7 Å². The number of carbonyl (C=O) groups excluding carboxylic acids is 5. The average molecular weight is 621 g/mol. The lowest BCUT2D eigenvalue weighted by Gasteiger charge is -2.36.